The van der Waals surface area contributed by atoms with E-state index in [4.69, 9.17) is 11.5 Å². The van der Waals surface area contributed by atoms with Crippen molar-refractivity contribution in [3.8, 4) is 5.88 Å². The Bertz CT molecular complexity index is 366. The lowest BCUT2D eigenvalue weighted by molar-refractivity contribution is -0.276. The molecule has 0 amide bonds. The number of aromatic nitrogens is 1. The molecule has 0 spiro atoms. The number of nitrogens with zero attached hydrogens (tertiary/aromatic N) is 1. The first kappa shape index (κ1) is 11.5. The van der Waals surface area contributed by atoms with Crippen LogP contribution in [0, 0.1) is 5.82 Å². The van der Waals surface area contributed by atoms with Crippen LogP contribution in [0.25, 0.3) is 0 Å². The van der Waals surface area contributed by atoms with Crippen LogP contribution in [0.15, 0.2) is 6.20 Å². The molecule has 1 heterocycles. The Hall–Kier alpha value is -1.57. The van der Waals surface area contributed by atoms with Gasteiger partial charge < -0.3 is 16.2 Å². The van der Waals surface area contributed by atoms with Crippen LogP contribution in [0.5, 0.6) is 5.88 Å². The summed E-state index contributed by atoms with van der Waals surface area (Å²) in [7, 11) is 0. The second-order valence-corrected chi connectivity index (χ2v) is 2.56. The summed E-state index contributed by atoms with van der Waals surface area (Å²) in [6.07, 6.45) is -4.38. The van der Waals surface area contributed by atoms with Crippen molar-refractivity contribution >= 4 is 5.69 Å². The first-order chi connectivity index (χ1) is 6.85. The van der Waals surface area contributed by atoms with Gasteiger partial charge in [-0.2, -0.15) is 0 Å². The molecule has 0 saturated carbocycles. The van der Waals surface area contributed by atoms with Crippen molar-refractivity contribution in [2.45, 2.75) is 12.9 Å². The van der Waals surface area contributed by atoms with Crippen LogP contribution < -0.4 is 16.2 Å². The van der Waals surface area contributed by atoms with E-state index < -0.39 is 30.3 Å². The Morgan fingerprint density at radius 1 is 1.40 bits per heavy atom. The fourth-order valence-corrected chi connectivity index (χ4v) is 0.917. The molecule has 0 fully saturated rings. The Labute approximate surface area is 81.8 Å². The maximum absolute atomic E-state index is 12.8. The number of nitrogens with two attached hydrogens (primary N) is 2. The van der Waals surface area contributed by atoms with Gasteiger partial charge in [-0.3, -0.25) is 0 Å². The monoisotopic (exact) mass is 225 g/mol. The third-order valence-electron chi connectivity index (χ3n) is 1.55. The molecule has 0 aliphatic rings. The topological polar surface area (TPSA) is 74.2 Å². The van der Waals surface area contributed by atoms with Crippen molar-refractivity contribution in [1.82, 2.24) is 4.98 Å². The molecular weight excluding hydrogens is 218 g/mol. The van der Waals surface area contributed by atoms with E-state index in [0.29, 0.717) is 6.20 Å². The zero-order chi connectivity index (χ0) is 11.6. The lowest BCUT2D eigenvalue weighted by Gasteiger charge is -2.12. The number of anilines is 1. The number of ether oxygens (including phenoxy) is 1. The number of halogens is 4. The van der Waals surface area contributed by atoms with Crippen molar-refractivity contribution in [2.75, 3.05) is 5.73 Å². The second-order valence-electron chi connectivity index (χ2n) is 2.56. The molecule has 0 aliphatic carbocycles. The zero-order valence-corrected chi connectivity index (χ0v) is 7.31. The molecule has 15 heavy (non-hydrogen) atoms. The van der Waals surface area contributed by atoms with Crippen LogP contribution in [0.1, 0.15) is 5.56 Å². The van der Waals surface area contributed by atoms with Crippen molar-refractivity contribution in [2.24, 2.45) is 5.73 Å². The van der Waals surface area contributed by atoms with Crippen molar-refractivity contribution in [3.63, 3.8) is 0 Å². The van der Waals surface area contributed by atoms with E-state index in [0.717, 1.165) is 0 Å². The van der Waals surface area contributed by atoms with Crippen LogP contribution in [-0.2, 0) is 6.54 Å². The minimum Gasteiger partial charge on any atom is -0.396 e. The highest BCUT2D eigenvalue weighted by molar-refractivity contribution is 5.51. The van der Waals surface area contributed by atoms with E-state index in [1.54, 1.807) is 0 Å². The van der Waals surface area contributed by atoms with Gasteiger partial charge in [-0.25, -0.2) is 9.37 Å². The predicted molar refractivity (Wildman–Crippen MR) is 43.2 cm³/mol. The third kappa shape index (κ3) is 2.69. The standard InChI is InChI=1S/C7H7F4N3O/c8-4-2-14-6(15-7(9,10)11)3(1-12)5(4)13/h2H,1,12H2,(H2,13,14). The molecule has 4 nitrogen and oxygen atoms in total. The van der Waals surface area contributed by atoms with Crippen LogP contribution in [0.2, 0.25) is 0 Å². The molecule has 84 valence electrons. The van der Waals surface area contributed by atoms with Gasteiger partial charge in [0.1, 0.15) is 0 Å². The van der Waals surface area contributed by atoms with Gasteiger partial charge in [0.2, 0.25) is 5.88 Å². The highest BCUT2D eigenvalue weighted by Crippen LogP contribution is 2.28. The van der Waals surface area contributed by atoms with E-state index in [2.05, 4.69) is 9.72 Å². The molecule has 8 heteroatoms. The number of hydrogen-bond donors (Lipinski definition) is 2. The summed E-state index contributed by atoms with van der Waals surface area (Å²) in [5.74, 6) is -1.77. The maximum atomic E-state index is 12.8. The van der Waals surface area contributed by atoms with Crippen LogP contribution >= 0.6 is 0 Å². The van der Waals surface area contributed by atoms with Crippen molar-refractivity contribution in [3.05, 3.63) is 17.6 Å². The quantitative estimate of drug-likeness (QED) is 0.740. The van der Waals surface area contributed by atoms with E-state index in [9.17, 15) is 17.6 Å². The average molecular weight is 225 g/mol. The molecule has 1 rings (SSSR count). The van der Waals surface area contributed by atoms with Gasteiger partial charge in [-0.05, 0) is 0 Å². The van der Waals surface area contributed by atoms with E-state index in [1.165, 1.54) is 0 Å². The Kier molecular flexibility index (Phi) is 2.98. The highest BCUT2D eigenvalue weighted by Gasteiger charge is 2.33. The van der Waals surface area contributed by atoms with E-state index in [1.807, 2.05) is 0 Å². The summed E-state index contributed by atoms with van der Waals surface area (Å²) in [4.78, 5) is 3.12. The van der Waals surface area contributed by atoms with E-state index >= 15 is 0 Å². The number of rotatable bonds is 2. The van der Waals surface area contributed by atoms with Gasteiger partial charge in [0.25, 0.3) is 0 Å². The molecule has 1 aromatic rings. The Balaban J connectivity index is 3.14. The molecule has 4 N–H and O–H groups in total. The lowest BCUT2D eigenvalue weighted by atomic mass is 10.2. The molecule has 0 saturated heterocycles. The summed E-state index contributed by atoms with van der Waals surface area (Å²) in [5.41, 5.74) is 9.47. The largest absolute Gasteiger partial charge is 0.574 e. The van der Waals surface area contributed by atoms with Gasteiger partial charge >= 0.3 is 6.36 Å². The Morgan fingerprint density at radius 3 is 2.47 bits per heavy atom. The van der Waals surface area contributed by atoms with Gasteiger partial charge in [-0.15, -0.1) is 13.2 Å². The Morgan fingerprint density at radius 2 is 2.00 bits per heavy atom. The van der Waals surface area contributed by atoms with Crippen molar-refractivity contribution in [1.29, 1.82) is 0 Å². The molecule has 0 aliphatic heterocycles. The highest BCUT2D eigenvalue weighted by atomic mass is 19.4. The first-order valence-corrected chi connectivity index (χ1v) is 3.74. The minimum atomic E-state index is -4.92. The lowest BCUT2D eigenvalue weighted by Crippen LogP contribution is -2.20. The number of hydrogen-bond acceptors (Lipinski definition) is 4. The predicted octanol–water partition coefficient (Wildman–Crippen LogP) is 1.16. The zero-order valence-electron chi connectivity index (χ0n) is 7.31. The van der Waals surface area contributed by atoms with Crippen LogP contribution in [-0.4, -0.2) is 11.3 Å². The summed E-state index contributed by atoms with van der Waals surface area (Å²) < 4.78 is 51.9. The van der Waals surface area contributed by atoms with E-state index in [-0.39, 0.29) is 5.56 Å². The number of pyridine rings is 1. The van der Waals surface area contributed by atoms with Crippen molar-refractivity contribution < 1.29 is 22.3 Å². The second kappa shape index (κ2) is 3.89. The first-order valence-electron chi connectivity index (χ1n) is 3.74. The number of nitrogen functional groups attached to an aromatic ring is 1. The van der Waals surface area contributed by atoms with Gasteiger partial charge in [-0.1, -0.05) is 0 Å². The molecule has 0 bridgehead atoms. The summed E-state index contributed by atoms with van der Waals surface area (Å²) in [6, 6.07) is 0. The molecule has 1 aromatic heterocycles. The summed E-state index contributed by atoms with van der Waals surface area (Å²) in [6.45, 7) is -0.401. The van der Waals surface area contributed by atoms with Gasteiger partial charge in [0, 0.05) is 6.54 Å². The van der Waals surface area contributed by atoms with Crippen LogP contribution in [0.3, 0.4) is 0 Å². The fraction of sp³-hybridized carbons (Fsp3) is 0.286. The minimum absolute atomic E-state index is 0.313. The average Bonchev–Trinajstić information content (AvgIpc) is 2.10. The summed E-state index contributed by atoms with van der Waals surface area (Å²) in [5, 5.41) is 0. The maximum Gasteiger partial charge on any atom is 0.574 e. The fourth-order valence-electron chi connectivity index (χ4n) is 0.917. The molecule has 0 aromatic carbocycles. The van der Waals surface area contributed by atoms with Gasteiger partial charge in [0.15, 0.2) is 5.82 Å². The molecule has 0 unspecified atom stereocenters. The smallest absolute Gasteiger partial charge is 0.396 e. The summed E-state index contributed by atoms with van der Waals surface area (Å²) >= 11 is 0. The van der Waals surface area contributed by atoms with Gasteiger partial charge in [0.05, 0.1) is 17.4 Å². The molecular formula is C7H7F4N3O. The SMILES string of the molecule is NCc1c(OC(F)(F)F)ncc(F)c1N. The normalized spacial score (nSPS) is 11.5. The molecule has 0 radical (unpaired) electrons. The molecule has 0 atom stereocenters. The van der Waals surface area contributed by atoms with Crippen LogP contribution in [0.4, 0.5) is 23.2 Å². The number of alkyl halides is 3. The third-order valence-corrected chi connectivity index (χ3v) is 1.55.